The summed E-state index contributed by atoms with van der Waals surface area (Å²) in [6.07, 6.45) is 16.0. The number of rotatable bonds is 9. The van der Waals surface area contributed by atoms with Crippen molar-refractivity contribution in [1.82, 2.24) is 21.3 Å². The first-order valence-electron chi connectivity index (χ1n) is 16.3. The van der Waals surface area contributed by atoms with Gasteiger partial charge in [-0.1, -0.05) is 18.0 Å². The Bertz CT molecular complexity index is 1350. The molecule has 3 saturated carbocycles. The molecular formula is C34H45ClN6S. The van der Waals surface area contributed by atoms with E-state index < -0.39 is 0 Å². The van der Waals surface area contributed by atoms with E-state index in [1.807, 2.05) is 6.07 Å². The van der Waals surface area contributed by atoms with Crippen molar-refractivity contribution in [2.24, 2.45) is 28.2 Å². The third kappa shape index (κ3) is 6.16. The van der Waals surface area contributed by atoms with Gasteiger partial charge in [-0.3, -0.25) is 10.3 Å². The Labute approximate surface area is 259 Å². The van der Waals surface area contributed by atoms with Crippen LogP contribution in [0, 0.1) is 34.5 Å². The summed E-state index contributed by atoms with van der Waals surface area (Å²) in [5.74, 6) is 2.67. The van der Waals surface area contributed by atoms with Crippen LogP contribution in [0.1, 0.15) is 76.2 Å². The van der Waals surface area contributed by atoms with Crippen molar-refractivity contribution in [1.29, 1.82) is 5.26 Å². The van der Waals surface area contributed by atoms with E-state index in [0.717, 1.165) is 54.5 Å². The molecule has 1 saturated heterocycles. The number of nitrogens with one attached hydrogen (secondary N) is 4. The number of dihydropyridines is 1. The summed E-state index contributed by atoms with van der Waals surface area (Å²) in [5.41, 5.74) is 3.38. The molecular weight excluding hydrogens is 560 g/mol. The lowest BCUT2D eigenvalue weighted by Gasteiger charge is -2.56. The van der Waals surface area contributed by atoms with E-state index in [4.69, 9.17) is 11.6 Å². The fourth-order valence-corrected chi connectivity index (χ4v) is 10.0. The number of fused-ring (bicyclic) bond motifs is 2. The Morgan fingerprint density at radius 3 is 2.76 bits per heavy atom. The predicted molar refractivity (Wildman–Crippen MR) is 174 cm³/mol. The second kappa shape index (κ2) is 12.6. The summed E-state index contributed by atoms with van der Waals surface area (Å²) in [7, 11) is 0. The fraction of sp³-hybridized carbons (Fsp3) is 0.647. The number of aliphatic imine (C=N–C) groups is 1. The summed E-state index contributed by atoms with van der Waals surface area (Å²) in [6.45, 7) is 4.07. The Kier molecular flexibility index (Phi) is 8.62. The molecule has 8 heteroatoms. The monoisotopic (exact) mass is 604 g/mol. The first-order valence-corrected chi connectivity index (χ1v) is 17.6. The standard InChI is InChI=1S/C34H45ClN6S/c35-26-4-5-32-29(13-26)25(20-42-32)18-40-33-14-31(24(16-36)17-39-33)41-21-34-8-6-22-11-28(12-23(7-9-34)30(22)15-34)38-19-27-3-1-2-10-37-27/h4-5,13,17,20,22-23,27-28,30,33,37-38,40-41H,1-3,6-12,14-15,18-19,21H2. The summed E-state index contributed by atoms with van der Waals surface area (Å²) in [5, 5.41) is 29.2. The molecule has 0 spiro atoms. The lowest BCUT2D eigenvalue weighted by molar-refractivity contribution is -0.0392. The van der Waals surface area contributed by atoms with Gasteiger partial charge in [-0.15, -0.1) is 11.3 Å². The minimum absolute atomic E-state index is 0.0331. The van der Waals surface area contributed by atoms with Crippen LogP contribution in [0.2, 0.25) is 5.02 Å². The number of halogens is 1. The Hall–Kier alpha value is -1.95. The molecule has 3 aliphatic carbocycles. The molecule has 4 unspecified atom stereocenters. The predicted octanol–water partition coefficient (Wildman–Crippen LogP) is 6.52. The first-order chi connectivity index (χ1) is 20.6. The van der Waals surface area contributed by atoms with E-state index in [0.29, 0.717) is 23.1 Å². The van der Waals surface area contributed by atoms with Crippen LogP contribution >= 0.6 is 22.9 Å². The molecule has 2 aliphatic heterocycles. The van der Waals surface area contributed by atoms with Gasteiger partial charge in [0.2, 0.25) is 0 Å². The van der Waals surface area contributed by atoms with Crippen molar-refractivity contribution in [2.75, 3.05) is 19.6 Å². The van der Waals surface area contributed by atoms with Crippen molar-refractivity contribution < 1.29 is 0 Å². The normalized spacial score (nSPS) is 34.4. The van der Waals surface area contributed by atoms with E-state index in [1.54, 1.807) is 17.6 Å². The lowest BCUT2D eigenvalue weighted by Crippen LogP contribution is -2.53. The second-order valence-corrected chi connectivity index (χ2v) is 15.2. The van der Waals surface area contributed by atoms with Gasteiger partial charge in [0, 0.05) is 59.8 Å². The number of hydrogen-bond donors (Lipinski definition) is 4. The van der Waals surface area contributed by atoms with Crippen molar-refractivity contribution in [3.63, 3.8) is 0 Å². The molecule has 6 nitrogen and oxygen atoms in total. The van der Waals surface area contributed by atoms with E-state index in [1.165, 1.54) is 86.4 Å². The lowest BCUT2D eigenvalue weighted by atomic mass is 9.51. The highest BCUT2D eigenvalue weighted by molar-refractivity contribution is 7.17. The van der Waals surface area contributed by atoms with Crippen molar-refractivity contribution in [2.45, 2.75) is 95.4 Å². The van der Waals surface area contributed by atoms with Crippen molar-refractivity contribution in [3.05, 3.63) is 45.4 Å². The van der Waals surface area contributed by atoms with Gasteiger partial charge in [0.15, 0.2) is 0 Å². The van der Waals surface area contributed by atoms with Crippen LogP contribution in [0.5, 0.6) is 0 Å². The SMILES string of the molecule is N#CC1=C(NCC23CCC4CC(NCC5CCCCN5)CC(CC2)C4C3)CC(NCc2csc3ccc(Cl)cc23)N=C1. The minimum Gasteiger partial charge on any atom is -0.387 e. The van der Waals surface area contributed by atoms with Crippen molar-refractivity contribution >= 4 is 39.2 Å². The number of piperidine rings is 1. The minimum atomic E-state index is -0.0331. The number of nitriles is 1. The molecule has 3 heterocycles. The van der Waals surface area contributed by atoms with Crippen LogP contribution in [0.3, 0.4) is 0 Å². The largest absolute Gasteiger partial charge is 0.387 e. The number of thiophene rings is 1. The van der Waals surface area contributed by atoms with Crippen LogP contribution < -0.4 is 21.3 Å². The summed E-state index contributed by atoms with van der Waals surface area (Å²) < 4.78 is 1.25. The average molecular weight is 605 g/mol. The maximum absolute atomic E-state index is 9.86. The zero-order chi connectivity index (χ0) is 28.5. The topological polar surface area (TPSA) is 84.3 Å². The number of nitrogens with zero attached hydrogens (tertiary/aromatic N) is 2. The summed E-state index contributed by atoms with van der Waals surface area (Å²) in [6, 6.07) is 9.88. The maximum atomic E-state index is 9.86. The van der Waals surface area contributed by atoms with Crippen LogP contribution in [-0.4, -0.2) is 44.1 Å². The third-order valence-electron chi connectivity index (χ3n) is 11.3. The van der Waals surface area contributed by atoms with Gasteiger partial charge in [0.25, 0.3) is 0 Å². The molecule has 4 fully saturated rings. The Morgan fingerprint density at radius 1 is 1.12 bits per heavy atom. The molecule has 5 aliphatic rings. The van der Waals surface area contributed by atoms with Crippen LogP contribution in [0.25, 0.3) is 10.1 Å². The summed E-state index contributed by atoms with van der Waals surface area (Å²) >= 11 is 8.02. The molecule has 4 N–H and O–H groups in total. The highest BCUT2D eigenvalue weighted by Crippen LogP contribution is 2.57. The van der Waals surface area contributed by atoms with E-state index >= 15 is 0 Å². The van der Waals surface area contributed by atoms with Gasteiger partial charge >= 0.3 is 0 Å². The van der Waals surface area contributed by atoms with E-state index in [2.05, 4.69) is 49.8 Å². The maximum Gasteiger partial charge on any atom is 0.105 e. The molecule has 224 valence electrons. The molecule has 0 amide bonds. The molecule has 42 heavy (non-hydrogen) atoms. The first kappa shape index (κ1) is 28.8. The average Bonchev–Trinajstić information content (AvgIpc) is 3.43. The van der Waals surface area contributed by atoms with Gasteiger partial charge in [-0.25, -0.2) is 0 Å². The highest BCUT2D eigenvalue weighted by atomic mass is 35.5. The molecule has 0 radical (unpaired) electrons. The van der Waals surface area contributed by atoms with Gasteiger partial charge in [-0.05, 0) is 122 Å². The zero-order valence-electron chi connectivity index (χ0n) is 24.6. The van der Waals surface area contributed by atoms with E-state index in [9.17, 15) is 5.26 Å². The molecule has 7 rings (SSSR count). The molecule has 2 bridgehead atoms. The van der Waals surface area contributed by atoms with Gasteiger partial charge in [-0.2, -0.15) is 5.26 Å². The Balaban J connectivity index is 0.929. The molecule has 4 atom stereocenters. The summed E-state index contributed by atoms with van der Waals surface area (Å²) in [4.78, 5) is 4.69. The number of benzene rings is 1. The fourth-order valence-electron chi connectivity index (χ4n) is 8.89. The smallest absolute Gasteiger partial charge is 0.105 e. The number of hydrogen-bond acceptors (Lipinski definition) is 7. The zero-order valence-corrected chi connectivity index (χ0v) is 26.2. The Morgan fingerprint density at radius 2 is 1.98 bits per heavy atom. The second-order valence-electron chi connectivity index (χ2n) is 13.8. The molecule has 1 aromatic heterocycles. The van der Waals surface area contributed by atoms with Crippen LogP contribution in [-0.2, 0) is 6.54 Å². The van der Waals surface area contributed by atoms with Gasteiger partial charge in [0.05, 0.1) is 5.57 Å². The van der Waals surface area contributed by atoms with Crippen molar-refractivity contribution in [3.8, 4) is 6.07 Å². The van der Waals surface area contributed by atoms with Crippen LogP contribution in [0.15, 0.2) is 39.8 Å². The van der Waals surface area contributed by atoms with Gasteiger partial charge < -0.3 is 16.0 Å². The van der Waals surface area contributed by atoms with E-state index in [-0.39, 0.29) is 6.17 Å². The molecule has 2 aromatic rings. The quantitative estimate of drug-likeness (QED) is 0.262. The highest BCUT2D eigenvalue weighted by Gasteiger charge is 2.50. The molecule has 1 aromatic carbocycles. The van der Waals surface area contributed by atoms with Crippen LogP contribution in [0.4, 0.5) is 0 Å². The van der Waals surface area contributed by atoms with Gasteiger partial charge in [0.1, 0.15) is 12.2 Å². The third-order valence-corrected chi connectivity index (χ3v) is 12.5. The number of allylic oxidation sites excluding steroid dienone is 1.